The first-order chi connectivity index (χ1) is 8.09. The standard InChI is InChI=1S/C13H11BrF2S/c1-8-6-17-7-10(8)11(14)5-9-3-2-4-12(15)13(9)16/h2-4,6-7,11H,5H2,1H3. The summed E-state index contributed by atoms with van der Waals surface area (Å²) in [6, 6.07) is 4.29. The predicted octanol–water partition coefficient (Wildman–Crippen LogP) is 5.01. The molecule has 0 aliphatic carbocycles. The summed E-state index contributed by atoms with van der Waals surface area (Å²) in [5.41, 5.74) is 2.71. The summed E-state index contributed by atoms with van der Waals surface area (Å²) < 4.78 is 26.6. The first-order valence-electron chi connectivity index (χ1n) is 5.19. The minimum Gasteiger partial charge on any atom is -0.204 e. The van der Waals surface area contributed by atoms with Gasteiger partial charge in [-0.25, -0.2) is 8.78 Å². The van der Waals surface area contributed by atoms with Crippen LogP contribution < -0.4 is 0 Å². The SMILES string of the molecule is Cc1cscc1C(Br)Cc1cccc(F)c1F. The molecular formula is C13H11BrF2S. The van der Waals surface area contributed by atoms with Crippen molar-refractivity contribution in [1.29, 1.82) is 0 Å². The summed E-state index contributed by atoms with van der Waals surface area (Å²) in [4.78, 5) is 0.0186. The lowest BCUT2D eigenvalue weighted by Crippen LogP contribution is -2.00. The Hall–Kier alpha value is -0.740. The Morgan fingerprint density at radius 1 is 1.29 bits per heavy atom. The lowest BCUT2D eigenvalue weighted by molar-refractivity contribution is 0.498. The number of aryl methyl sites for hydroxylation is 1. The molecule has 0 aliphatic rings. The fourth-order valence-electron chi connectivity index (χ4n) is 1.70. The molecule has 0 bridgehead atoms. The van der Waals surface area contributed by atoms with Crippen LogP contribution in [0.15, 0.2) is 29.0 Å². The van der Waals surface area contributed by atoms with Gasteiger partial charge in [-0.05, 0) is 46.9 Å². The van der Waals surface area contributed by atoms with E-state index < -0.39 is 11.6 Å². The van der Waals surface area contributed by atoms with Gasteiger partial charge in [-0.3, -0.25) is 0 Å². The second-order valence-electron chi connectivity index (χ2n) is 3.89. The van der Waals surface area contributed by atoms with Crippen molar-refractivity contribution in [2.24, 2.45) is 0 Å². The molecule has 2 rings (SSSR count). The molecule has 0 radical (unpaired) electrons. The number of rotatable bonds is 3. The van der Waals surface area contributed by atoms with E-state index in [0.29, 0.717) is 12.0 Å². The molecule has 2 aromatic rings. The fourth-order valence-corrected chi connectivity index (χ4v) is 3.62. The Morgan fingerprint density at radius 3 is 2.71 bits per heavy atom. The number of halogens is 3. The van der Waals surface area contributed by atoms with Gasteiger partial charge in [-0.15, -0.1) is 0 Å². The van der Waals surface area contributed by atoms with Gasteiger partial charge < -0.3 is 0 Å². The zero-order chi connectivity index (χ0) is 12.4. The maximum atomic E-state index is 13.5. The Kier molecular flexibility index (Phi) is 3.94. The van der Waals surface area contributed by atoms with Gasteiger partial charge in [0.2, 0.25) is 0 Å². The molecule has 0 N–H and O–H groups in total. The summed E-state index contributed by atoms with van der Waals surface area (Å²) >= 11 is 5.14. The molecule has 0 aliphatic heterocycles. The quantitative estimate of drug-likeness (QED) is 0.698. The summed E-state index contributed by atoms with van der Waals surface area (Å²) in [7, 11) is 0. The van der Waals surface area contributed by atoms with E-state index >= 15 is 0 Å². The lowest BCUT2D eigenvalue weighted by Gasteiger charge is -2.10. The lowest BCUT2D eigenvalue weighted by atomic mass is 10.0. The van der Waals surface area contributed by atoms with Gasteiger partial charge in [0.1, 0.15) is 0 Å². The molecule has 1 heterocycles. The van der Waals surface area contributed by atoms with Crippen molar-refractivity contribution in [2.75, 3.05) is 0 Å². The van der Waals surface area contributed by atoms with E-state index in [1.807, 2.05) is 17.7 Å². The van der Waals surface area contributed by atoms with E-state index in [-0.39, 0.29) is 4.83 Å². The largest absolute Gasteiger partial charge is 0.204 e. The molecule has 0 nitrogen and oxygen atoms in total. The van der Waals surface area contributed by atoms with Crippen molar-refractivity contribution in [3.8, 4) is 0 Å². The molecule has 0 saturated heterocycles. The Labute approximate surface area is 111 Å². The molecule has 1 unspecified atom stereocenters. The van der Waals surface area contributed by atoms with Crippen molar-refractivity contribution in [1.82, 2.24) is 0 Å². The van der Waals surface area contributed by atoms with Gasteiger partial charge in [0.25, 0.3) is 0 Å². The highest BCUT2D eigenvalue weighted by molar-refractivity contribution is 9.09. The van der Waals surface area contributed by atoms with Gasteiger partial charge in [0, 0.05) is 4.83 Å². The highest BCUT2D eigenvalue weighted by Crippen LogP contribution is 2.32. The highest BCUT2D eigenvalue weighted by Gasteiger charge is 2.15. The zero-order valence-electron chi connectivity index (χ0n) is 9.21. The van der Waals surface area contributed by atoms with Crippen LogP contribution in [0.4, 0.5) is 8.78 Å². The minimum atomic E-state index is -0.788. The van der Waals surface area contributed by atoms with Crippen LogP contribution in [0, 0.1) is 18.6 Å². The highest BCUT2D eigenvalue weighted by atomic mass is 79.9. The van der Waals surface area contributed by atoms with Gasteiger partial charge in [0.05, 0.1) is 0 Å². The van der Waals surface area contributed by atoms with Crippen LogP contribution in [0.5, 0.6) is 0 Å². The van der Waals surface area contributed by atoms with Crippen molar-refractivity contribution < 1.29 is 8.78 Å². The normalized spacial score (nSPS) is 12.7. The summed E-state index contributed by atoms with van der Waals surface area (Å²) in [6.07, 6.45) is 0.446. The minimum absolute atomic E-state index is 0.0186. The topological polar surface area (TPSA) is 0 Å². The Morgan fingerprint density at radius 2 is 2.06 bits per heavy atom. The van der Waals surface area contributed by atoms with Crippen LogP contribution in [0.1, 0.15) is 21.5 Å². The van der Waals surface area contributed by atoms with E-state index in [0.717, 1.165) is 11.6 Å². The van der Waals surface area contributed by atoms with E-state index in [2.05, 4.69) is 15.9 Å². The van der Waals surface area contributed by atoms with E-state index in [1.54, 1.807) is 17.4 Å². The number of alkyl halides is 1. The van der Waals surface area contributed by atoms with Crippen LogP contribution in [0.2, 0.25) is 0 Å². The summed E-state index contributed by atoms with van der Waals surface area (Å²) in [5, 5.41) is 4.08. The van der Waals surface area contributed by atoms with Crippen LogP contribution in [0.25, 0.3) is 0 Å². The molecule has 0 fully saturated rings. The van der Waals surface area contributed by atoms with Gasteiger partial charge in [-0.2, -0.15) is 11.3 Å². The molecule has 1 atom stereocenters. The molecule has 0 amide bonds. The number of benzene rings is 1. The number of thiophene rings is 1. The molecule has 1 aromatic carbocycles. The van der Waals surface area contributed by atoms with Gasteiger partial charge in [-0.1, -0.05) is 28.1 Å². The molecular weight excluding hydrogens is 306 g/mol. The Bertz CT molecular complexity index is 522. The third kappa shape index (κ3) is 2.75. The third-order valence-electron chi connectivity index (χ3n) is 2.66. The molecule has 1 aromatic heterocycles. The molecule has 4 heteroatoms. The average molecular weight is 317 g/mol. The first-order valence-corrected chi connectivity index (χ1v) is 7.05. The molecule has 17 heavy (non-hydrogen) atoms. The summed E-state index contributed by atoms with van der Waals surface area (Å²) in [5.74, 6) is -1.53. The molecule has 0 spiro atoms. The van der Waals surface area contributed by atoms with E-state index in [9.17, 15) is 8.78 Å². The van der Waals surface area contributed by atoms with Crippen molar-refractivity contribution in [3.05, 3.63) is 57.3 Å². The second-order valence-corrected chi connectivity index (χ2v) is 5.74. The fraction of sp³-hybridized carbons (Fsp3) is 0.231. The number of hydrogen-bond donors (Lipinski definition) is 0. The first kappa shape index (κ1) is 12.7. The van der Waals surface area contributed by atoms with Crippen LogP contribution >= 0.6 is 27.3 Å². The van der Waals surface area contributed by atoms with Crippen LogP contribution in [-0.2, 0) is 6.42 Å². The van der Waals surface area contributed by atoms with Gasteiger partial charge in [0.15, 0.2) is 11.6 Å². The number of hydrogen-bond acceptors (Lipinski definition) is 1. The molecule has 0 saturated carbocycles. The maximum absolute atomic E-state index is 13.5. The second kappa shape index (κ2) is 5.27. The maximum Gasteiger partial charge on any atom is 0.162 e. The average Bonchev–Trinajstić information content (AvgIpc) is 2.71. The van der Waals surface area contributed by atoms with Crippen molar-refractivity contribution >= 4 is 27.3 Å². The smallest absolute Gasteiger partial charge is 0.162 e. The van der Waals surface area contributed by atoms with E-state index in [4.69, 9.17) is 0 Å². The van der Waals surface area contributed by atoms with Crippen LogP contribution in [0.3, 0.4) is 0 Å². The Balaban J connectivity index is 2.22. The monoisotopic (exact) mass is 316 g/mol. The third-order valence-corrected chi connectivity index (χ3v) is 4.36. The van der Waals surface area contributed by atoms with Crippen LogP contribution in [-0.4, -0.2) is 0 Å². The summed E-state index contributed by atoms with van der Waals surface area (Å²) in [6.45, 7) is 2.02. The van der Waals surface area contributed by atoms with Gasteiger partial charge >= 0.3 is 0 Å². The molecule has 90 valence electrons. The predicted molar refractivity (Wildman–Crippen MR) is 70.8 cm³/mol. The zero-order valence-corrected chi connectivity index (χ0v) is 11.6. The van der Waals surface area contributed by atoms with Crippen molar-refractivity contribution in [2.45, 2.75) is 18.2 Å². The van der Waals surface area contributed by atoms with Crippen molar-refractivity contribution in [3.63, 3.8) is 0 Å². The van der Waals surface area contributed by atoms with E-state index in [1.165, 1.54) is 11.6 Å².